The first-order valence-electron chi connectivity index (χ1n) is 6.81. The summed E-state index contributed by atoms with van der Waals surface area (Å²) in [6, 6.07) is 10.2. The van der Waals surface area contributed by atoms with Crippen LogP contribution in [0.4, 0.5) is 4.39 Å². The maximum Gasteiger partial charge on any atom is 0.200 e. The highest BCUT2D eigenvalue weighted by molar-refractivity contribution is 6.10. The zero-order valence-electron chi connectivity index (χ0n) is 12.2. The molecule has 0 saturated heterocycles. The largest absolute Gasteiger partial charge is 0.507 e. The number of methoxy groups -OCH3 is 1. The highest BCUT2D eigenvalue weighted by Crippen LogP contribution is 2.25. The molecular formula is C17H13FN2O3. The van der Waals surface area contributed by atoms with E-state index in [9.17, 15) is 14.3 Å². The molecule has 0 aliphatic carbocycles. The second kappa shape index (κ2) is 5.92. The van der Waals surface area contributed by atoms with Crippen molar-refractivity contribution >= 4 is 5.78 Å². The predicted molar refractivity (Wildman–Crippen MR) is 81.6 cm³/mol. The Labute approximate surface area is 131 Å². The number of phenolic OH excluding ortho intramolecular Hbond substituents is 1. The van der Waals surface area contributed by atoms with Crippen LogP contribution in [0.25, 0.3) is 5.69 Å². The van der Waals surface area contributed by atoms with Gasteiger partial charge in [-0.3, -0.25) is 4.79 Å². The maximum atomic E-state index is 12.9. The number of nitrogens with zero attached hydrogens (tertiary/aromatic N) is 2. The molecule has 3 rings (SSSR count). The van der Waals surface area contributed by atoms with Crippen molar-refractivity contribution < 1.29 is 19.0 Å². The first-order chi connectivity index (χ1) is 11.1. The van der Waals surface area contributed by atoms with E-state index in [0.717, 1.165) is 0 Å². The van der Waals surface area contributed by atoms with E-state index in [1.807, 2.05) is 0 Å². The third-order valence-electron chi connectivity index (χ3n) is 3.38. The van der Waals surface area contributed by atoms with Gasteiger partial charge in [-0.2, -0.15) is 5.10 Å². The standard InChI is InChI=1S/C17H13FN2O3/c1-23-14-6-7-16(21)15(8-14)17(22)11-9-19-20(10-11)13-4-2-12(18)3-5-13/h2-10,21H,1H3. The third-order valence-corrected chi connectivity index (χ3v) is 3.38. The Morgan fingerprint density at radius 3 is 2.65 bits per heavy atom. The lowest BCUT2D eigenvalue weighted by Crippen LogP contribution is -2.01. The molecule has 6 heteroatoms. The fourth-order valence-electron chi connectivity index (χ4n) is 2.15. The van der Waals surface area contributed by atoms with Gasteiger partial charge in [-0.1, -0.05) is 0 Å². The van der Waals surface area contributed by atoms with Gasteiger partial charge >= 0.3 is 0 Å². The van der Waals surface area contributed by atoms with Crippen LogP contribution < -0.4 is 4.74 Å². The van der Waals surface area contributed by atoms with E-state index in [2.05, 4.69) is 5.10 Å². The van der Waals surface area contributed by atoms with Gasteiger partial charge in [0.15, 0.2) is 5.78 Å². The number of ketones is 1. The molecule has 0 aliphatic heterocycles. The number of aromatic nitrogens is 2. The number of hydrogen-bond donors (Lipinski definition) is 1. The molecule has 116 valence electrons. The molecule has 2 aromatic carbocycles. The molecule has 1 heterocycles. The summed E-state index contributed by atoms with van der Waals surface area (Å²) in [6.07, 6.45) is 2.92. The highest BCUT2D eigenvalue weighted by Gasteiger charge is 2.17. The van der Waals surface area contributed by atoms with Gasteiger partial charge < -0.3 is 9.84 Å². The van der Waals surface area contributed by atoms with E-state index in [0.29, 0.717) is 17.0 Å². The van der Waals surface area contributed by atoms with Crippen molar-refractivity contribution in [3.8, 4) is 17.2 Å². The molecule has 0 fully saturated rings. The average molecular weight is 312 g/mol. The molecule has 23 heavy (non-hydrogen) atoms. The monoisotopic (exact) mass is 312 g/mol. The van der Waals surface area contributed by atoms with Gasteiger partial charge in [-0.25, -0.2) is 9.07 Å². The van der Waals surface area contributed by atoms with Crippen LogP contribution in [0.2, 0.25) is 0 Å². The van der Waals surface area contributed by atoms with Gasteiger partial charge in [0.1, 0.15) is 17.3 Å². The molecule has 0 saturated carbocycles. The van der Waals surface area contributed by atoms with E-state index < -0.39 is 0 Å². The Morgan fingerprint density at radius 1 is 1.22 bits per heavy atom. The van der Waals surface area contributed by atoms with Gasteiger partial charge in [0.2, 0.25) is 0 Å². The number of benzene rings is 2. The van der Waals surface area contributed by atoms with E-state index >= 15 is 0 Å². The topological polar surface area (TPSA) is 64.3 Å². The molecule has 1 aromatic heterocycles. The minimum atomic E-state index is -0.380. The van der Waals surface area contributed by atoms with Crippen molar-refractivity contribution in [1.82, 2.24) is 9.78 Å². The first kappa shape index (κ1) is 14.8. The first-order valence-corrected chi connectivity index (χ1v) is 6.81. The number of aromatic hydroxyl groups is 1. The molecule has 0 atom stereocenters. The number of carbonyl (C=O) groups is 1. The Balaban J connectivity index is 1.94. The summed E-state index contributed by atoms with van der Waals surface area (Å²) in [5, 5.41) is 14.0. The van der Waals surface area contributed by atoms with Crippen LogP contribution in [0.15, 0.2) is 54.9 Å². The van der Waals surface area contributed by atoms with Crippen molar-refractivity contribution in [3.63, 3.8) is 0 Å². The number of halogens is 1. The van der Waals surface area contributed by atoms with Crippen LogP contribution in [0.1, 0.15) is 15.9 Å². The zero-order valence-corrected chi connectivity index (χ0v) is 12.2. The maximum absolute atomic E-state index is 12.9. The second-order valence-corrected chi connectivity index (χ2v) is 4.86. The molecule has 3 aromatic rings. The van der Waals surface area contributed by atoms with Crippen LogP contribution in [0.5, 0.6) is 11.5 Å². The van der Waals surface area contributed by atoms with Crippen LogP contribution in [-0.4, -0.2) is 27.8 Å². The van der Waals surface area contributed by atoms with E-state index in [1.165, 1.54) is 48.5 Å². The lowest BCUT2D eigenvalue weighted by molar-refractivity contribution is 0.103. The van der Waals surface area contributed by atoms with E-state index in [-0.39, 0.29) is 22.9 Å². The average Bonchev–Trinajstić information content (AvgIpc) is 3.05. The van der Waals surface area contributed by atoms with Gasteiger partial charge in [-0.05, 0) is 42.5 Å². The molecule has 0 amide bonds. The number of rotatable bonds is 4. The molecule has 0 bridgehead atoms. The Morgan fingerprint density at radius 2 is 1.96 bits per heavy atom. The predicted octanol–water partition coefficient (Wildman–Crippen LogP) is 2.96. The Bertz CT molecular complexity index is 857. The van der Waals surface area contributed by atoms with Gasteiger partial charge in [0, 0.05) is 6.20 Å². The minimum Gasteiger partial charge on any atom is -0.507 e. The molecule has 1 N–H and O–H groups in total. The zero-order chi connectivity index (χ0) is 16.4. The van der Waals surface area contributed by atoms with Crippen LogP contribution in [-0.2, 0) is 0 Å². The van der Waals surface area contributed by atoms with Crippen molar-refractivity contribution in [2.45, 2.75) is 0 Å². The lowest BCUT2D eigenvalue weighted by Gasteiger charge is -2.05. The molecular weight excluding hydrogens is 299 g/mol. The molecule has 0 spiro atoms. The summed E-state index contributed by atoms with van der Waals surface area (Å²) in [5.41, 5.74) is 1.06. The normalized spacial score (nSPS) is 10.5. The number of carbonyl (C=O) groups excluding carboxylic acids is 1. The summed E-state index contributed by atoms with van der Waals surface area (Å²) in [6.45, 7) is 0. The summed E-state index contributed by atoms with van der Waals surface area (Å²) >= 11 is 0. The van der Waals surface area contributed by atoms with Gasteiger partial charge in [0.05, 0.1) is 30.1 Å². The summed E-state index contributed by atoms with van der Waals surface area (Å²) in [5.74, 6) is -0.393. The van der Waals surface area contributed by atoms with Crippen molar-refractivity contribution in [2.24, 2.45) is 0 Å². The molecule has 5 nitrogen and oxygen atoms in total. The summed E-state index contributed by atoms with van der Waals surface area (Å²) in [7, 11) is 1.48. The van der Waals surface area contributed by atoms with Crippen LogP contribution in [0, 0.1) is 5.82 Å². The van der Waals surface area contributed by atoms with E-state index in [1.54, 1.807) is 18.2 Å². The SMILES string of the molecule is COc1ccc(O)c(C(=O)c2cnn(-c3ccc(F)cc3)c2)c1. The smallest absolute Gasteiger partial charge is 0.200 e. The fraction of sp³-hybridized carbons (Fsp3) is 0.0588. The third kappa shape index (κ3) is 2.91. The lowest BCUT2D eigenvalue weighted by atomic mass is 10.1. The Hall–Kier alpha value is -3.15. The van der Waals surface area contributed by atoms with Crippen molar-refractivity contribution in [2.75, 3.05) is 7.11 Å². The van der Waals surface area contributed by atoms with E-state index in [4.69, 9.17) is 4.74 Å². The number of ether oxygens (including phenoxy) is 1. The summed E-state index contributed by atoms with van der Waals surface area (Å²) in [4.78, 5) is 12.5. The molecule has 0 unspecified atom stereocenters. The summed E-state index contributed by atoms with van der Waals surface area (Å²) < 4.78 is 19.5. The minimum absolute atomic E-state index is 0.128. The molecule has 0 aliphatic rings. The highest BCUT2D eigenvalue weighted by atomic mass is 19.1. The van der Waals surface area contributed by atoms with Crippen molar-refractivity contribution in [1.29, 1.82) is 0 Å². The van der Waals surface area contributed by atoms with Crippen LogP contribution in [0.3, 0.4) is 0 Å². The molecule has 0 radical (unpaired) electrons. The quantitative estimate of drug-likeness (QED) is 0.752. The van der Waals surface area contributed by atoms with Crippen molar-refractivity contribution in [3.05, 3.63) is 71.8 Å². The second-order valence-electron chi connectivity index (χ2n) is 4.86. The number of hydrogen-bond acceptors (Lipinski definition) is 4. The number of phenols is 1. The van der Waals surface area contributed by atoms with Gasteiger partial charge in [-0.15, -0.1) is 0 Å². The van der Waals surface area contributed by atoms with Crippen LogP contribution >= 0.6 is 0 Å². The van der Waals surface area contributed by atoms with Gasteiger partial charge in [0.25, 0.3) is 0 Å². The fourth-order valence-corrected chi connectivity index (χ4v) is 2.15. The Kier molecular flexibility index (Phi) is 3.80.